The molecule has 21 heavy (non-hydrogen) atoms. The van der Waals surface area contributed by atoms with Gasteiger partial charge in [0.1, 0.15) is 0 Å². The first-order chi connectivity index (χ1) is 10.2. The van der Waals surface area contributed by atoms with Gasteiger partial charge in [0.15, 0.2) is 0 Å². The molecule has 1 aliphatic rings. The molecule has 1 aliphatic carbocycles. The maximum atomic E-state index is 6.10. The lowest BCUT2D eigenvalue weighted by Crippen LogP contribution is -2.33. The lowest BCUT2D eigenvalue weighted by atomic mass is 10.00. The summed E-state index contributed by atoms with van der Waals surface area (Å²) in [7, 11) is 0. The monoisotopic (exact) mass is 289 g/mol. The number of hydrogen-bond acceptors (Lipinski definition) is 2. The lowest BCUT2D eigenvalue weighted by molar-refractivity contribution is 0.0350. The maximum absolute atomic E-state index is 6.10. The molecule has 0 saturated heterocycles. The summed E-state index contributed by atoms with van der Waals surface area (Å²) in [6, 6.07) is 9.30. The standard InChI is InChI=1S/C19H31NO/c1-4-13-20-19(15(3)21-14-12-17-6-7-17)18-10-8-16(5-2)9-11-18/h8-11,15,17,19-20H,4-7,12-14H2,1-3H3. The number of benzene rings is 1. The van der Waals surface area contributed by atoms with Crippen LogP contribution in [0.2, 0.25) is 0 Å². The number of ether oxygens (including phenoxy) is 1. The Balaban J connectivity index is 1.93. The Morgan fingerprint density at radius 3 is 2.48 bits per heavy atom. The molecular weight excluding hydrogens is 258 g/mol. The van der Waals surface area contributed by atoms with Gasteiger partial charge in [-0.1, -0.05) is 51.0 Å². The van der Waals surface area contributed by atoms with E-state index in [1.807, 2.05) is 0 Å². The van der Waals surface area contributed by atoms with E-state index < -0.39 is 0 Å². The zero-order chi connectivity index (χ0) is 15.1. The number of aryl methyl sites for hydroxylation is 1. The van der Waals surface area contributed by atoms with E-state index in [0.29, 0.717) is 6.04 Å². The molecule has 0 radical (unpaired) electrons. The van der Waals surface area contributed by atoms with Gasteiger partial charge in [0.05, 0.1) is 12.1 Å². The van der Waals surface area contributed by atoms with E-state index in [-0.39, 0.29) is 6.10 Å². The van der Waals surface area contributed by atoms with Crippen molar-refractivity contribution < 1.29 is 4.74 Å². The summed E-state index contributed by atoms with van der Waals surface area (Å²) in [6.07, 6.45) is 6.53. The molecule has 0 spiro atoms. The molecule has 0 amide bonds. The number of nitrogens with one attached hydrogen (secondary N) is 1. The van der Waals surface area contributed by atoms with Gasteiger partial charge in [-0.3, -0.25) is 0 Å². The molecule has 1 aromatic rings. The third-order valence-electron chi connectivity index (χ3n) is 4.43. The van der Waals surface area contributed by atoms with Crippen LogP contribution < -0.4 is 5.32 Å². The van der Waals surface area contributed by atoms with Crippen LogP contribution in [0, 0.1) is 5.92 Å². The van der Waals surface area contributed by atoms with Crippen LogP contribution in [-0.4, -0.2) is 19.3 Å². The van der Waals surface area contributed by atoms with Crippen LogP contribution in [0.15, 0.2) is 24.3 Å². The molecule has 2 atom stereocenters. The van der Waals surface area contributed by atoms with E-state index >= 15 is 0 Å². The van der Waals surface area contributed by atoms with Crippen molar-refractivity contribution in [3.8, 4) is 0 Å². The molecule has 2 rings (SSSR count). The zero-order valence-electron chi connectivity index (χ0n) is 13.9. The Bertz CT molecular complexity index is 397. The average molecular weight is 289 g/mol. The molecule has 1 N–H and O–H groups in total. The molecule has 2 heteroatoms. The Kier molecular flexibility index (Phi) is 6.72. The van der Waals surface area contributed by atoms with Crippen LogP contribution in [-0.2, 0) is 11.2 Å². The summed E-state index contributed by atoms with van der Waals surface area (Å²) >= 11 is 0. The zero-order valence-corrected chi connectivity index (χ0v) is 13.9. The Morgan fingerprint density at radius 1 is 1.19 bits per heavy atom. The molecule has 1 saturated carbocycles. The van der Waals surface area contributed by atoms with Gasteiger partial charge < -0.3 is 10.1 Å². The highest BCUT2D eigenvalue weighted by Gasteiger charge is 2.23. The van der Waals surface area contributed by atoms with E-state index in [9.17, 15) is 0 Å². The van der Waals surface area contributed by atoms with E-state index in [0.717, 1.165) is 31.9 Å². The summed E-state index contributed by atoms with van der Waals surface area (Å²) in [5.41, 5.74) is 2.75. The van der Waals surface area contributed by atoms with Gasteiger partial charge in [-0.25, -0.2) is 0 Å². The van der Waals surface area contributed by atoms with Crippen molar-refractivity contribution in [2.45, 2.75) is 65.0 Å². The summed E-state index contributed by atoms with van der Waals surface area (Å²) in [5, 5.41) is 3.65. The van der Waals surface area contributed by atoms with Gasteiger partial charge in [0.2, 0.25) is 0 Å². The fraction of sp³-hybridized carbons (Fsp3) is 0.684. The van der Waals surface area contributed by atoms with Crippen molar-refractivity contribution in [2.75, 3.05) is 13.2 Å². The molecule has 1 fully saturated rings. The van der Waals surface area contributed by atoms with Gasteiger partial charge in [-0.05, 0) is 49.8 Å². The predicted octanol–water partition coefficient (Wildman–Crippen LogP) is 4.49. The molecule has 2 unspecified atom stereocenters. The van der Waals surface area contributed by atoms with Gasteiger partial charge in [0, 0.05) is 6.61 Å². The third-order valence-corrected chi connectivity index (χ3v) is 4.43. The van der Waals surface area contributed by atoms with Crippen molar-refractivity contribution in [3.05, 3.63) is 35.4 Å². The van der Waals surface area contributed by atoms with E-state index in [1.165, 1.54) is 30.4 Å². The Morgan fingerprint density at radius 2 is 1.90 bits per heavy atom. The molecular formula is C19H31NO. The molecule has 0 bridgehead atoms. The first kappa shape index (κ1) is 16.5. The SMILES string of the molecule is CCCNC(c1ccc(CC)cc1)C(C)OCCC1CC1. The first-order valence-electron chi connectivity index (χ1n) is 8.68. The van der Waals surface area contributed by atoms with Crippen LogP contribution in [0.4, 0.5) is 0 Å². The van der Waals surface area contributed by atoms with E-state index in [2.05, 4.69) is 50.4 Å². The first-order valence-corrected chi connectivity index (χ1v) is 8.68. The molecule has 2 nitrogen and oxygen atoms in total. The second-order valence-corrected chi connectivity index (χ2v) is 6.33. The largest absolute Gasteiger partial charge is 0.377 e. The minimum Gasteiger partial charge on any atom is -0.377 e. The van der Waals surface area contributed by atoms with Gasteiger partial charge in [-0.15, -0.1) is 0 Å². The minimum atomic E-state index is 0.225. The van der Waals surface area contributed by atoms with Gasteiger partial charge in [-0.2, -0.15) is 0 Å². The van der Waals surface area contributed by atoms with E-state index in [4.69, 9.17) is 4.74 Å². The predicted molar refractivity (Wildman–Crippen MR) is 89.6 cm³/mol. The summed E-state index contributed by atoms with van der Waals surface area (Å²) in [4.78, 5) is 0. The highest BCUT2D eigenvalue weighted by atomic mass is 16.5. The summed E-state index contributed by atoms with van der Waals surface area (Å²) in [6.45, 7) is 8.56. The maximum Gasteiger partial charge on any atom is 0.0741 e. The second kappa shape index (κ2) is 8.55. The van der Waals surface area contributed by atoms with Crippen molar-refractivity contribution in [2.24, 2.45) is 5.92 Å². The quantitative estimate of drug-likeness (QED) is 0.685. The van der Waals surface area contributed by atoms with Crippen LogP contribution in [0.3, 0.4) is 0 Å². The lowest BCUT2D eigenvalue weighted by Gasteiger charge is -2.26. The fourth-order valence-corrected chi connectivity index (χ4v) is 2.74. The van der Waals surface area contributed by atoms with Crippen LogP contribution in [0.25, 0.3) is 0 Å². The third kappa shape index (κ3) is 5.44. The second-order valence-electron chi connectivity index (χ2n) is 6.33. The normalized spacial score (nSPS) is 17.7. The van der Waals surface area contributed by atoms with Crippen molar-refractivity contribution >= 4 is 0 Å². The Hall–Kier alpha value is -0.860. The van der Waals surface area contributed by atoms with E-state index in [1.54, 1.807) is 0 Å². The summed E-state index contributed by atoms with van der Waals surface area (Å²) in [5.74, 6) is 0.947. The van der Waals surface area contributed by atoms with Crippen LogP contribution in [0.5, 0.6) is 0 Å². The number of rotatable bonds is 10. The molecule has 0 aromatic heterocycles. The van der Waals surface area contributed by atoms with Gasteiger partial charge >= 0.3 is 0 Å². The molecule has 118 valence electrons. The topological polar surface area (TPSA) is 21.3 Å². The average Bonchev–Trinajstić information content (AvgIpc) is 3.32. The molecule has 0 heterocycles. The summed E-state index contributed by atoms with van der Waals surface area (Å²) < 4.78 is 6.10. The highest BCUT2D eigenvalue weighted by Crippen LogP contribution is 2.32. The van der Waals surface area contributed by atoms with Gasteiger partial charge in [0.25, 0.3) is 0 Å². The van der Waals surface area contributed by atoms with Crippen LogP contribution in [0.1, 0.15) is 63.6 Å². The van der Waals surface area contributed by atoms with Crippen molar-refractivity contribution in [1.29, 1.82) is 0 Å². The number of hydrogen-bond donors (Lipinski definition) is 1. The molecule has 0 aliphatic heterocycles. The molecule has 1 aromatic carbocycles. The van der Waals surface area contributed by atoms with Crippen LogP contribution >= 0.6 is 0 Å². The van der Waals surface area contributed by atoms with Crippen molar-refractivity contribution in [3.63, 3.8) is 0 Å². The Labute approximate surface area is 130 Å². The smallest absolute Gasteiger partial charge is 0.0741 e. The minimum absolute atomic E-state index is 0.225. The fourth-order valence-electron chi connectivity index (χ4n) is 2.74. The highest BCUT2D eigenvalue weighted by molar-refractivity contribution is 5.25. The van der Waals surface area contributed by atoms with Crippen molar-refractivity contribution in [1.82, 2.24) is 5.32 Å².